The molecule has 0 aliphatic carbocycles. The van der Waals surface area contributed by atoms with Crippen LogP contribution in [0.15, 0.2) is 61.1 Å². The van der Waals surface area contributed by atoms with Gasteiger partial charge in [-0.25, -0.2) is 4.98 Å². The molecule has 0 aliphatic rings. The number of rotatable bonds is 4. The van der Waals surface area contributed by atoms with Crippen molar-refractivity contribution in [3.63, 3.8) is 0 Å². The summed E-state index contributed by atoms with van der Waals surface area (Å²) in [6.45, 7) is 0. The van der Waals surface area contributed by atoms with E-state index in [0.29, 0.717) is 17.3 Å². The quantitative estimate of drug-likeness (QED) is 0.538. The molecule has 0 spiro atoms. The van der Waals surface area contributed by atoms with Gasteiger partial charge in [0.15, 0.2) is 11.6 Å². The predicted molar refractivity (Wildman–Crippen MR) is 86.9 cm³/mol. The summed E-state index contributed by atoms with van der Waals surface area (Å²) >= 11 is 0. The zero-order chi connectivity index (χ0) is 15.5. The van der Waals surface area contributed by atoms with Crippen LogP contribution in [0.4, 0.5) is 11.5 Å². The van der Waals surface area contributed by atoms with Crippen LogP contribution in [-0.4, -0.2) is 30.4 Å². The number of hydrogen-bond acceptors (Lipinski definition) is 5. The van der Waals surface area contributed by atoms with Crippen molar-refractivity contribution in [3.8, 4) is 22.8 Å². The van der Waals surface area contributed by atoms with E-state index in [1.807, 2.05) is 48.7 Å². The second kappa shape index (κ2) is 5.72. The lowest BCUT2D eigenvalue weighted by Crippen LogP contribution is -2.03. The van der Waals surface area contributed by atoms with Crippen molar-refractivity contribution in [2.45, 2.75) is 0 Å². The molecule has 112 valence electrons. The van der Waals surface area contributed by atoms with Crippen LogP contribution in [0.3, 0.4) is 0 Å². The number of anilines is 2. The molecule has 0 unspecified atom stereocenters. The lowest BCUT2D eigenvalue weighted by Gasteiger charge is -2.09. The fraction of sp³-hybridized carbons (Fsp3) is 0. The third kappa shape index (κ3) is 2.67. The summed E-state index contributed by atoms with van der Waals surface area (Å²) in [6.07, 6.45) is 5.27. The first-order chi connectivity index (χ1) is 11.4. The SMILES string of the molecule is c1ccc(-c2nnc(-c3ccc[nH]3)nc2Nc2cn[nH]c2)cc1. The molecule has 7 heteroatoms. The third-order valence-electron chi connectivity index (χ3n) is 3.33. The molecule has 4 rings (SSSR count). The summed E-state index contributed by atoms with van der Waals surface area (Å²) in [7, 11) is 0. The zero-order valence-electron chi connectivity index (χ0n) is 12.1. The Morgan fingerprint density at radius 3 is 2.61 bits per heavy atom. The van der Waals surface area contributed by atoms with Gasteiger partial charge in [-0.1, -0.05) is 30.3 Å². The van der Waals surface area contributed by atoms with Crippen molar-refractivity contribution in [2.24, 2.45) is 0 Å². The Labute approximate surface area is 131 Å². The molecule has 0 bridgehead atoms. The van der Waals surface area contributed by atoms with Crippen LogP contribution in [0.25, 0.3) is 22.8 Å². The van der Waals surface area contributed by atoms with Gasteiger partial charge in [0.1, 0.15) is 5.69 Å². The van der Waals surface area contributed by atoms with E-state index in [1.165, 1.54) is 0 Å². The van der Waals surface area contributed by atoms with E-state index in [-0.39, 0.29) is 0 Å². The van der Waals surface area contributed by atoms with E-state index >= 15 is 0 Å². The van der Waals surface area contributed by atoms with Crippen molar-refractivity contribution in [2.75, 3.05) is 5.32 Å². The summed E-state index contributed by atoms with van der Waals surface area (Å²) in [5.41, 5.74) is 3.24. The largest absolute Gasteiger partial charge is 0.359 e. The molecular formula is C16H13N7. The Kier molecular flexibility index (Phi) is 3.28. The average Bonchev–Trinajstić information content (AvgIpc) is 3.29. The highest BCUT2D eigenvalue weighted by atomic mass is 15.2. The maximum absolute atomic E-state index is 4.61. The topological polar surface area (TPSA) is 95.2 Å². The zero-order valence-corrected chi connectivity index (χ0v) is 12.1. The number of nitrogens with one attached hydrogen (secondary N) is 3. The number of aromatic amines is 2. The Bertz CT molecular complexity index is 884. The van der Waals surface area contributed by atoms with Crippen LogP contribution in [0.5, 0.6) is 0 Å². The van der Waals surface area contributed by atoms with E-state index in [4.69, 9.17) is 0 Å². The maximum atomic E-state index is 4.61. The van der Waals surface area contributed by atoms with Gasteiger partial charge < -0.3 is 10.3 Å². The molecule has 0 saturated heterocycles. The molecule has 23 heavy (non-hydrogen) atoms. The van der Waals surface area contributed by atoms with Gasteiger partial charge in [0.25, 0.3) is 0 Å². The average molecular weight is 303 g/mol. The van der Waals surface area contributed by atoms with Gasteiger partial charge in [-0.15, -0.1) is 10.2 Å². The molecule has 0 aliphatic heterocycles. The molecule has 4 aromatic rings. The molecule has 3 aromatic heterocycles. The predicted octanol–water partition coefficient (Wildman–Crippen LogP) is 3.00. The minimum atomic E-state index is 0.528. The van der Waals surface area contributed by atoms with Gasteiger partial charge in [-0.05, 0) is 12.1 Å². The van der Waals surface area contributed by atoms with Gasteiger partial charge in [-0.3, -0.25) is 5.10 Å². The molecule has 0 fully saturated rings. The normalized spacial score (nSPS) is 10.6. The van der Waals surface area contributed by atoms with Crippen LogP contribution in [0.2, 0.25) is 0 Å². The fourth-order valence-electron chi connectivity index (χ4n) is 2.24. The number of aromatic nitrogens is 6. The van der Waals surface area contributed by atoms with E-state index in [9.17, 15) is 0 Å². The Hall–Kier alpha value is -3.48. The molecule has 0 saturated carbocycles. The molecule has 3 heterocycles. The summed E-state index contributed by atoms with van der Waals surface area (Å²) in [4.78, 5) is 7.70. The van der Waals surface area contributed by atoms with Crippen molar-refractivity contribution >= 4 is 11.5 Å². The van der Waals surface area contributed by atoms with E-state index in [2.05, 4.69) is 35.7 Å². The van der Waals surface area contributed by atoms with Gasteiger partial charge in [0.2, 0.25) is 0 Å². The lowest BCUT2D eigenvalue weighted by atomic mass is 10.1. The van der Waals surface area contributed by atoms with Gasteiger partial charge in [0.05, 0.1) is 17.6 Å². The smallest absolute Gasteiger partial charge is 0.200 e. The number of nitrogens with zero attached hydrogens (tertiary/aromatic N) is 4. The van der Waals surface area contributed by atoms with Crippen molar-refractivity contribution < 1.29 is 0 Å². The summed E-state index contributed by atoms with van der Waals surface area (Å²) in [5.74, 6) is 1.15. The number of hydrogen-bond donors (Lipinski definition) is 3. The van der Waals surface area contributed by atoms with Gasteiger partial charge >= 0.3 is 0 Å². The van der Waals surface area contributed by atoms with E-state index < -0.39 is 0 Å². The van der Waals surface area contributed by atoms with Crippen LogP contribution < -0.4 is 5.32 Å². The van der Waals surface area contributed by atoms with Crippen molar-refractivity contribution in [1.82, 2.24) is 30.4 Å². The lowest BCUT2D eigenvalue weighted by molar-refractivity contribution is 0.984. The van der Waals surface area contributed by atoms with Crippen LogP contribution >= 0.6 is 0 Å². The summed E-state index contributed by atoms with van der Waals surface area (Å²) < 4.78 is 0. The molecule has 7 nitrogen and oxygen atoms in total. The Morgan fingerprint density at radius 2 is 1.87 bits per heavy atom. The van der Waals surface area contributed by atoms with Gasteiger partial charge in [-0.2, -0.15) is 5.10 Å². The van der Waals surface area contributed by atoms with Gasteiger partial charge in [0, 0.05) is 18.0 Å². The van der Waals surface area contributed by atoms with E-state index in [0.717, 1.165) is 16.9 Å². The standard InChI is InChI=1S/C16H13N7/c1-2-5-11(6-3-1)14-16(20-12-9-18-19-10-12)21-15(23-22-14)13-7-4-8-17-13/h1-10,17H,(H,18,19)(H,20,21,23). The third-order valence-corrected chi connectivity index (χ3v) is 3.33. The van der Waals surface area contributed by atoms with Crippen molar-refractivity contribution in [3.05, 3.63) is 61.1 Å². The van der Waals surface area contributed by atoms with Crippen LogP contribution in [-0.2, 0) is 0 Å². The van der Waals surface area contributed by atoms with Crippen LogP contribution in [0, 0.1) is 0 Å². The molecule has 0 amide bonds. The molecule has 0 radical (unpaired) electrons. The highest BCUT2D eigenvalue weighted by molar-refractivity contribution is 5.75. The number of benzene rings is 1. The Balaban J connectivity index is 1.81. The minimum absolute atomic E-state index is 0.528. The first kappa shape index (κ1) is 13.2. The monoisotopic (exact) mass is 303 g/mol. The molecule has 0 atom stereocenters. The highest BCUT2D eigenvalue weighted by Crippen LogP contribution is 2.27. The van der Waals surface area contributed by atoms with Crippen LogP contribution in [0.1, 0.15) is 0 Å². The Morgan fingerprint density at radius 1 is 0.957 bits per heavy atom. The van der Waals surface area contributed by atoms with E-state index in [1.54, 1.807) is 12.4 Å². The minimum Gasteiger partial charge on any atom is -0.359 e. The highest BCUT2D eigenvalue weighted by Gasteiger charge is 2.13. The summed E-state index contributed by atoms with van der Waals surface area (Å²) in [6, 6.07) is 13.6. The molecule has 3 N–H and O–H groups in total. The molecule has 1 aromatic carbocycles. The fourth-order valence-corrected chi connectivity index (χ4v) is 2.24. The second-order valence-electron chi connectivity index (χ2n) is 4.89. The second-order valence-corrected chi connectivity index (χ2v) is 4.89. The first-order valence-corrected chi connectivity index (χ1v) is 7.10. The number of H-pyrrole nitrogens is 2. The first-order valence-electron chi connectivity index (χ1n) is 7.10. The molecular weight excluding hydrogens is 290 g/mol. The van der Waals surface area contributed by atoms with Crippen molar-refractivity contribution in [1.29, 1.82) is 0 Å². The summed E-state index contributed by atoms with van der Waals surface area (Å²) in [5, 5.41) is 18.5. The maximum Gasteiger partial charge on any atom is 0.200 e.